The van der Waals surface area contributed by atoms with Crippen molar-refractivity contribution in [2.45, 2.75) is 49.9 Å². The molecule has 1 aromatic carbocycles. The molecule has 1 saturated carbocycles. The number of fused-ring (bicyclic) bond motifs is 1. The van der Waals surface area contributed by atoms with E-state index in [1.807, 2.05) is 32.0 Å². The molecule has 0 saturated heterocycles. The first-order valence-corrected chi connectivity index (χ1v) is 12.1. The van der Waals surface area contributed by atoms with E-state index in [1.165, 1.54) is 7.11 Å². The summed E-state index contributed by atoms with van der Waals surface area (Å²) in [4.78, 5) is 27.9. The first-order chi connectivity index (χ1) is 14.2. The van der Waals surface area contributed by atoms with Crippen molar-refractivity contribution in [3.8, 4) is 0 Å². The van der Waals surface area contributed by atoms with Crippen molar-refractivity contribution < 1.29 is 22.7 Å². The Labute approximate surface area is 180 Å². The molecule has 30 heavy (non-hydrogen) atoms. The summed E-state index contributed by atoms with van der Waals surface area (Å²) >= 11 is 1.06. The molecule has 0 bridgehead atoms. The van der Waals surface area contributed by atoms with Crippen LogP contribution in [-0.4, -0.2) is 44.9 Å². The summed E-state index contributed by atoms with van der Waals surface area (Å²) in [7, 11) is -2.57. The molecular formula is C21H24N2O5S2. The number of ether oxygens (including phenoxy) is 1. The van der Waals surface area contributed by atoms with Crippen LogP contribution in [0.2, 0.25) is 0 Å². The minimum absolute atomic E-state index is 0.00766. The van der Waals surface area contributed by atoms with Crippen molar-refractivity contribution in [1.29, 1.82) is 0 Å². The molecular weight excluding hydrogens is 424 g/mol. The number of nitrogens with zero attached hydrogens (tertiary/aromatic N) is 1. The van der Waals surface area contributed by atoms with Gasteiger partial charge < -0.3 is 9.64 Å². The average molecular weight is 449 g/mol. The van der Waals surface area contributed by atoms with Gasteiger partial charge in [0.05, 0.1) is 19.2 Å². The molecule has 4 rings (SSSR count). The third-order valence-corrected chi connectivity index (χ3v) is 8.85. The van der Waals surface area contributed by atoms with Crippen LogP contribution in [-0.2, 0) is 27.7 Å². The van der Waals surface area contributed by atoms with Gasteiger partial charge in [-0.15, -0.1) is 11.3 Å². The van der Waals surface area contributed by atoms with Crippen molar-refractivity contribution in [2.75, 3.05) is 13.7 Å². The molecule has 2 aliphatic rings. The number of sulfonamides is 1. The molecule has 2 heterocycles. The number of carbonyl (C=O) groups is 2. The lowest BCUT2D eigenvalue weighted by molar-refractivity contribution is 0.0595. The maximum Gasteiger partial charge on any atom is 0.340 e. The Kier molecular flexibility index (Phi) is 5.46. The molecule has 0 radical (unpaired) electrons. The number of thiophene rings is 1. The first-order valence-electron chi connectivity index (χ1n) is 9.83. The number of nitrogens with one attached hydrogen (secondary N) is 1. The number of aryl methyl sites for hydroxylation is 2. The van der Waals surface area contributed by atoms with Gasteiger partial charge in [0.25, 0.3) is 15.9 Å². The Morgan fingerprint density at radius 1 is 1.20 bits per heavy atom. The largest absolute Gasteiger partial charge is 0.465 e. The summed E-state index contributed by atoms with van der Waals surface area (Å²) in [6.45, 7) is 4.64. The molecule has 1 aliphatic carbocycles. The molecule has 2 aromatic rings. The summed E-state index contributed by atoms with van der Waals surface area (Å²) in [6, 6.07) is 5.54. The maximum absolute atomic E-state index is 13.0. The Bertz CT molecular complexity index is 1130. The number of amides is 1. The quantitative estimate of drug-likeness (QED) is 0.710. The molecule has 1 N–H and O–H groups in total. The zero-order chi connectivity index (χ0) is 21.6. The number of methoxy groups -OCH3 is 1. The second kappa shape index (κ2) is 7.79. The van der Waals surface area contributed by atoms with E-state index in [2.05, 4.69) is 4.72 Å². The fourth-order valence-electron chi connectivity index (χ4n) is 3.58. The monoisotopic (exact) mass is 448 g/mol. The van der Waals surface area contributed by atoms with Gasteiger partial charge in [-0.2, -0.15) is 0 Å². The van der Waals surface area contributed by atoms with E-state index in [4.69, 9.17) is 4.74 Å². The Morgan fingerprint density at radius 3 is 2.57 bits per heavy atom. The Morgan fingerprint density at radius 2 is 1.93 bits per heavy atom. The van der Waals surface area contributed by atoms with Crippen LogP contribution in [0.25, 0.3) is 0 Å². The average Bonchev–Trinajstić information content (AvgIpc) is 3.43. The lowest BCUT2D eigenvalue weighted by Gasteiger charge is -2.27. The van der Waals surface area contributed by atoms with Gasteiger partial charge in [0.1, 0.15) is 4.21 Å². The number of hydrogen-bond donors (Lipinski definition) is 1. The lowest BCUT2D eigenvalue weighted by atomic mass is 10.0. The van der Waals surface area contributed by atoms with Crippen molar-refractivity contribution in [2.24, 2.45) is 0 Å². The van der Waals surface area contributed by atoms with Crippen molar-refractivity contribution in [3.63, 3.8) is 0 Å². The van der Waals surface area contributed by atoms with E-state index in [0.29, 0.717) is 24.1 Å². The second-order valence-electron chi connectivity index (χ2n) is 7.83. The van der Waals surface area contributed by atoms with E-state index in [0.717, 1.165) is 40.2 Å². The van der Waals surface area contributed by atoms with E-state index >= 15 is 0 Å². The molecule has 1 amide bonds. The number of hydrogen-bond acceptors (Lipinski definition) is 6. The highest BCUT2D eigenvalue weighted by atomic mass is 32.2. The normalized spacial score (nSPS) is 16.3. The number of benzene rings is 1. The van der Waals surface area contributed by atoms with E-state index in [-0.39, 0.29) is 28.3 Å². The molecule has 0 atom stereocenters. The maximum atomic E-state index is 13.0. The summed E-state index contributed by atoms with van der Waals surface area (Å²) < 4.78 is 33.2. The molecule has 160 valence electrons. The fourth-order valence-corrected chi connectivity index (χ4v) is 6.80. The summed E-state index contributed by atoms with van der Waals surface area (Å²) in [5, 5.41) is 0. The Hall–Kier alpha value is -2.23. The van der Waals surface area contributed by atoms with E-state index in [1.54, 1.807) is 4.90 Å². The van der Waals surface area contributed by atoms with Crippen LogP contribution in [0.3, 0.4) is 0 Å². The van der Waals surface area contributed by atoms with Crippen LogP contribution in [0.1, 0.15) is 55.1 Å². The van der Waals surface area contributed by atoms with Crippen LogP contribution < -0.4 is 4.72 Å². The van der Waals surface area contributed by atoms with E-state index in [9.17, 15) is 18.0 Å². The van der Waals surface area contributed by atoms with Crippen LogP contribution in [0.15, 0.2) is 22.4 Å². The standard InChI is InChI=1S/C21H24N2O5S2/c1-12-4-5-14(10-13(12)2)19(24)23-9-8-16-17(11-23)29-21(18(16)20(25)28-3)30(26,27)22-15-6-7-15/h4-5,10,15,22H,6-9,11H2,1-3H3. The van der Waals surface area contributed by atoms with Gasteiger partial charge in [0, 0.05) is 23.0 Å². The minimum Gasteiger partial charge on any atom is -0.465 e. The minimum atomic E-state index is -3.81. The highest BCUT2D eigenvalue weighted by Crippen LogP contribution is 2.38. The molecule has 9 heteroatoms. The number of carbonyl (C=O) groups excluding carboxylic acids is 2. The number of esters is 1. The first kappa shape index (κ1) is 21.0. The van der Waals surface area contributed by atoms with Gasteiger partial charge in [0.2, 0.25) is 0 Å². The molecule has 0 spiro atoms. The van der Waals surface area contributed by atoms with Gasteiger partial charge in [0.15, 0.2) is 0 Å². The Balaban J connectivity index is 1.67. The summed E-state index contributed by atoms with van der Waals surface area (Å²) in [6.07, 6.45) is 2.01. The SMILES string of the molecule is COC(=O)c1c(S(=O)(=O)NC2CC2)sc2c1CCN(C(=O)c1ccc(C)c(C)c1)C2. The van der Waals surface area contributed by atoms with Crippen LogP contribution in [0.4, 0.5) is 0 Å². The predicted molar refractivity (Wildman–Crippen MR) is 113 cm³/mol. The highest BCUT2D eigenvalue weighted by Gasteiger charge is 2.37. The molecule has 1 fully saturated rings. The van der Waals surface area contributed by atoms with E-state index < -0.39 is 16.0 Å². The molecule has 1 aromatic heterocycles. The van der Waals surface area contributed by atoms with Crippen LogP contribution in [0, 0.1) is 13.8 Å². The lowest BCUT2D eigenvalue weighted by Crippen LogP contribution is -2.35. The predicted octanol–water partition coefficient (Wildman–Crippen LogP) is 2.79. The van der Waals surface area contributed by atoms with Crippen LogP contribution in [0.5, 0.6) is 0 Å². The van der Waals surface area contributed by atoms with Crippen molar-refractivity contribution in [3.05, 3.63) is 50.9 Å². The third kappa shape index (κ3) is 3.89. The van der Waals surface area contributed by atoms with Gasteiger partial charge in [-0.05, 0) is 61.9 Å². The smallest absolute Gasteiger partial charge is 0.340 e. The number of rotatable bonds is 5. The topological polar surface area (TPSA) is 92.8 Å². The van der Waals surface area contributed by atoms with Crippen LogP contribution >= 0.6 is 11.3 Å². The molecule has 0 unspecified atom stereocenters. The van der Waals surface area contributed by atoms with Crippen molar-refractivity contribution >= 4 is 33.2 Å². The van der Waals surface area contributed by atoms with Gasteiger partial charge in [-0.1, -0.05) is 6.07 Å². The van der Waals surface area contributed by atoms with Gasteiger partial charge in [-0.3, -0.25) is 4.79 Å². The third-order valence-electron chi connectivity index (χ3n) is 5.60. The molecule has 7 nitrogen and oxygen atoms in total. The van der Waals surface area contributed by atoms with Gasteiger partial charge >= 0.3 is 5.97 Å². The summed E-state index contributed by atoms with van der Waals surface area (Å²) in [5.41, 5.74) is 3.55. The molecule has 1 aliphatic heterocycles. The zero-order valence-electron chi connectivity index (χ0n) is 17.1. The zero-order valence-corrected chi connectivity index (χ0v) is 18.8. The fraction of sp³-hybridized carbons (Fsp3) is 0.429. The second-order valence-corrected chi connectivity index (χ2v) is 10.8. The highest BCUT2D eigenvalue weighted by molar-refractivity contribution is 7.91. The van der Waals surface area contributed by atoms with Crippen molar-refractivity contribution in [1.82, 2.24) is 9.62 Å². The summed E-state index contributed by atoms with van der Waals surface area (Å²) in [5.74, 6) is -0.755. The van der Waals surface area contributed by atoms with Gasteiger partial charge in [-0.25, -0.2) is 17.9 Å².